The van der Waals surface area contributed by atoms with E-state index in [2.05, 4.69) is 5.32 Å². The molecule has 0 aliphatic heterocycles. The fraction of sp³-hybridized carbons (Fsp3) is 0.500. The van der Waals surface area contributed by atoms with Crippen LogP contribution in [0.2, 0.25) is 0 Å². The molecule has 0 spiro atoms. The van der Waals surface area contributed by atoms with Crippen LogP contribution in [0.3, 0.4) is 0 Å². The second-order valence-corrected chi connectivity index (χ2v) is 5.94. The topological polar surface area (TPSA) is 67.4 Å². The molecule has 1 rings (SSSR count). The number of ether oxygens (including phenoxy) is 1. The van der Waals surface area contributed by atoms with Crippen molar-refractivity contribution in [2.75, 3.05) is 20.2 Å². The van der Waals surface area contributed by atoms with Gasteiger partial charge >= 0.3 is 6.18 Å². The normalized spacial score (nSPS) is 12.4. The molecular formula is C12H17F3N2O3S. The first kappa shape index (κ1) is 17.7. The van der Waals surface area contributed by atoms with Gasteiger partial charge < -0.3 is 10.1 Å². The number of halogens is 3. The Hall–Kier alpha value is -1.32. The van der Waals surface area contributed by atoms with Gasteiger partial charge in [-0.25, -0.2) is 13.1 Å². The number of hydrogen-bond acceptors (Lipinski definition) is 4. The molecule has 120 valence electrons. The third-order valence-corrected chi connectivity index (χ3v) is 3.98. The average molecular weight is 326 g/mol. The zero-order valence-corrected chi connectivity index (χ0v) is 12.4. The number of benzene rings is 1. The third-order valence-electron chi connectivity index (χ3n) is 2.56. The quantitative estimate of drug-likeness (QED) is 0.799. The Morgan fingerprint density at radius 1 is 1.29 bits per heavy atom. The number of hydrogen-bond donors (Lipinski definition) is 2. The molecule has 21 heavy (non-hydrogen) atoms. The molecule has 0 saturated carbocycles. The highest BCUT2D eigenvalue weighted by Gasteiger charge is 2.31. The van der Waals surface area contributed by atoms with Crippen molar-refractivity contribution in [2.45, 2.75) is 24.5 Å². The van der Waals surface area contributed by atoms with Crippen LogP contribution in [0.4, 0.5) is 13.2 Å². The Labute approximate surface area is 121 Å². The monoisotopic (exact) mass is 326 g/mol. The lowest BCUT2D eigenvalue weighted by atomic mass is 10.2. The predicted octanol–water partition coefficient (Wildman–Crippen LogP) is 1.65. The van der Waals surface area contributed by atoms with Crippen LogP contribution in [0.25, 0.3) is 0 Å². The molecule has 0 fully saturated rings. The van der Waals surface area contributed by atoms with Gasteiger partial charge in [0, 0.05) is 6.54 Å². The standard InChI is InChI=1S/C12H17F3N2O3S/c1-3-16-7-9-4-5-10(20-2)11(6-9)21(18,19)17-8-12(13,14)15/h4-6,16-17H,3,7-8H2,1-2H3. The Morgan fingerprint density at radius 2 is 1.95 bits per heavy atom. The molecule has 0 aromatic heterocycles. The molecule has 9 heteroatoms. The van der Waals surface area contributed by atoms with Crippen molar-refractivity contribution in [1.29, 1.82) is 0 Å². The second kappa shape index (κ2) is 7.10. The molecule has 2 N–H and O–H groups in total. The molecule has 0 aliphatic carbocycles. The van der Waals surface area contributed by atoms with Gasteiger partial charge in [-0.2, -0.15) is 13.2 Å². The van der Waals surface area contributed by atoms with Gasteiger partial charge in [0.2, 0.25) is 10.0 Å². The Morgan fingerprint density at radius 3 is 2.48 bits per heavy atom. The molecule has 1 aromatic carbocycles. The Bertz CT molecular complexity index is 574. The van der Waals surface area contributed by atoms with E-state index in [0.717, 1.165) is 0 Å². The van der Waals surface area contributed by atoms with E-state index in [0.29, 0.717) is 18.7 Å². The van der Waals surface area contributed by atoms with E-state index in [9.17, 15) is 21.6 Å². The maximum absolute atomic E-state index is 12.2. The van der Waals surface area contributed by atoms with Crippen molar-refractivity contribution < 1.29 is 26.3 Å². The summed E-state index contributed by atoms with van der Waals surface area (Å²) >= 11 is 0. The lowest BCUT2D eigenvalue weighted by Crippen LogP contribution is -2.34. The Kier molecular flexibility index (Phi) is 5.99. The van der Waals surface area contributed by atoms with Gasteiger partial charge in [-0.3, -0.25) is 0 Å². The summed E-state index contributed by atoms with van der Waals surface area (Å²) in [5.41, 5.74) is 0.630. The first-order valence-electron chi connectivity index (χ1n) is 6.13. The van der Waals surface area contributed by atoms with Crippen LogP contribution in [-0.4, -0.2) is 34.8 Å². The van der Waals surface area contributed by atoms with Crippen molar-refractivity contribution in [3.63, 3.8) is 0 Å². The number of alkyl halides is 3. The highest BCUT2D eigenvalue weighted by atomic mass is 32.2. The predicted molar refractivity (Wildman–Crippen MR) is 71.6 cm³/mol. The van der Waals surface area contributed by atoms with Gasteiger partial charge in [0.25, 0.3) is 0 Å². The largest absolute Gasteiger partial charge is 0.495 e. The summed E-state index contributed by atoms with van der Waals surface area (Å²) in [4.78, 5) is -0.315. The van der Waals surface area contributed by atoms with Crippen molar-refractivity contribution >= 4 is 10.0 Å². The van der Waals surface area contributed by atoms with Crippen LogP contribution in [0, 0.1) is 0 Å². The lowest BCUT2D eigenvalue weighted by molar-refractivity contribution is -0.121. The van der Waals surface area contributed by atoms with Crippen LogP contribution in [0.1, 0.15) is 12.5 Å². The number of sulfonamides is 1. The van der Waals surface area contributed by atoms with E-state index in [-0.39, 0.29) is 10.6 Å². The fourth-order valence-corrected chi connectivity index (χ4v) is 2.80. The summed E-state index contributed by atoms with van der Waals surface area (Å²) in [7, 11) is -3.05. The lowest BCUT2D eigenvalue weighted by Gasteiger charge is -2.13. The molecule has 0 radical (unpaired) electrons. The number of methoxy groups -OCH3 is 1. The van der Waals surface area contributed by atoms with Crippen LogP contribution in [0.15, 0.2) is 23.1 Å². The van der Waals surface area contributed by atoms with Crippen molar-refractivity contribution in [1.82, 2.24) is 10.0 Å². The van der Waals surface area contributed by atoms with Crippen molar-refractivity contribution in [2.24, 2.45) is 0 Å². The van der Waals surface area contributed by atoms with E-state index in [4.69, 9.17) is 4.74 Å². The SMILES string of the molecule is CCNCc1ccc(OC)c(S(=O)(=O)NCC(F)(F)F)c1. The maximum atomic E-state index is 12.2. The molecule has 1 aromatic rings. The zero-order valence-electron chi connectivity index (χ0n) is 11.6. The van der Waals surface area contributed by atoms with Crippen LogP contribution in [0.5, 0.6) is 5.75 Å². The molecule has 0 unspecified atom stereocenters. The third kappa shape index (κ3) is 5.52. The summed E-state index contributed by atoms with van der Waals surface area (Å²) < 4.78 is 66.9. The minimum absolute atomic E-state index is 0.00933. The van der Waals surface area contributed by atoms with Crippen LogP contribution < -0.4 is 14.8 Å². The number of nitrogens with one attached hydrogen (secondary N) is 2. The summed E-state index contributed by atoms with van der Waals surface area (Å²) in [6.45, 7) is 1.34. The molecule has 0 bridgehead atoms. The van der Waals surface area contributed by atoms with Crippen LogP contribution >= 0.6 is 0 Å². The molecule has 0 atom stereocenters. The molecule has 0 saturated heterocycles. The van der Waals surface area contributed by atoms with E-state index < -0.39 is 22.7 Å². The molecule has 0 amide bonds. The van der Waals surface area contributed by atoms with Crippen molar-refractivity contribution in [3.05, 3.63) is 23.8 Å². The van der Waals surface area contributed by atoms with E-state index >= 15 is 0 Å². The minimum Gasteiger partial charge on any atom is -0.495 e. The van der Waals surface area contributed by atoms with Gasteiger partial charge in [0.05, 0.1) is 7.11 Å². The molecular weight excluding hydrogens is 309 g/mol. The summed E-state index contributed by atoms with van der Waals surface area (Å²) in [6, 6.07) is 4.35. The van der Waals surface area contributed by atoms with E-state index in [1.807, 2.05) is 6.92 Å². The van der Waals surface area contributed by atoms with Crippen LogP contribution in [-0.2, 0) is 16.6 Å². The average Bonchev–Trinajstić information content (AvgIpc) is 2.42. The highest BCUT2D eigenvalue weighted by Crippen LogP contribution is 2.25. The zero-order chi connectivity index (χ0) is 16.1. The smallest absolute Gasteiger partial charge is 0.402 e. The summed E-state index contributed by atoms with van der Waals surface area (Å²) in [6.07, 6.45) is -4.62. The Balaban J connectivity index is 3.07. The summed E-state index contributed by atoms with van der Waals surface area (Å²) in [5, 5.41) is 3.00. The van der Waals surface area contributed by atoms with Gasteiger partial charge in [0.1, 0.15) is 17.2 Å². The summed E-state index contributed by atoms with van der Waals surface area (Å²) in [5.74, 6) is -0.00933. The first-order valence-corrected chi connectivity index (χ1v) is 7.62. The number of rotatable bonds is 7. The van der Waals surface area contributed by atoms with E-state index in [1.54, 1.807) is 6.07 Å². The first-order chi connectivity index (χ1) is 9.69. The van der Waals surface area contributed by atoms with Gasteiger partial charge in [-0.1, -0.05) is 13.0 Å². The van der Waals surface area contributed by atoms with Gasteiger partial charge in [-0.15, -0.1) is 0 Å². The highest BCUT2D eigenvalue weighted by molar-refractivity contribution is 7.89. The van der Waals surface area contributed by atoms with Crippen molar-refractivity contribution in [3.8, 4) is 5.75 Å². The maximum Gasteiger partial charge on any atom is 0.402 e. The fourth-order valence-electron chi connectivity index (χ4n) is 1.57. The molecule has 0 heterocycles. The second-order valence-electron chi connectivity index (χ2n) is 4.21. The molecule has 0 aliphatic rings. The molecule has 5 nitrogen and oxygen atoms in total. The van der Waals surface area contributed by atoms with Gasteiger partial charge in [0.15, 0.2) is 0 Å². The van der Waals surface area contributed by atoms with E-state index in [1.165, 1.54) is 24.0 Å². The van der Waals surface area contributed by atoms with Gasteiger partial charge in [-0.05, 0) is 24.2 Å². The minimum atomic E-state index is -4.62.